The van der Waals surface area contributed by atoms with Gasteiger partial charge in [-0.15, -0.1) is 0 Å². The molecule has 26 heavy (non-hydrogen) atoms. The summed E-state index contributed by atoms with van der Waals surface area (Å²) in [7, 11) is -5.11. The third-order valence-electron chi connectivity index (χ3n) is 3.79. The molecule has 5 nitrogen and oxygen atoms in total. The molecule has 2 aromatic carbocycles. The van der Waals surface area contributed by atoms with Gasteiger partial charge < -0.3 is 9.84 Å². The number of hydrogen-bond donors (Lipinski definition) is 2. The Hall–Kier alpha value is -2.24. The summed E-state index contributed by atoms with van der Waals surface area (Å²) in [6.07, 6.45) is 0. The van der Waals surface area contributed by atoms with E-state index in [1.165, 1.54) is 12.1 Å². The molecule has 0 saturated carbocycles. The van der Waals surface area contributed by atoms with Crippen molar-refractivity contribution < 1.29 is 40.2 Å². The van der Waals surface area contributed by atoms with Gasteiger partial charge in [-0.3, -0.25) is 4.72 Å². The Labute approximate surface area is 144 Å². The minimum absolute atomic E-state index is 0.0443. The highest BCUT2D eigenvalue weighted by atomic mass is 32.2. The van der Waals surface area contributed by atoms with Gasteiger partial charge in [-0.1, -0.05) is 12.1 Å². The molecule has 0 aliphatic carbocycles. The third-order valence-corrected chi connectivity index (χ3v) is 5.19. The third kappa shape index (κ3) is 2.91. The zero-order chi connectivity index (χ0) is 19.3. The molecule has 1 saturated heterocycles. The first-order valence-corrected chi connectivity index (χ1v) is 8.50. The Morgan fingerprint density at radius 3 is 1.77 bits per heavy atom. The molecule has 0 spiro atoms. The first-order chi connectivity index (χ1) is 12.1. The van der Waals surface area contributed by atoms with Crippen molar-refractivity contribution in [3.8, 4) is 0 Å². The normalized spacial score (nSPS) is 16.2. The van der Waals surface area contributed by atoms with Gasteiger partial charge in [0.1, 0.15) is 5.60 Å². The minimum atomic E-state index is -5.11. The Morgan fingerprint density at radius 1 is 0.885 bits per heavy atom. The molecule has 1 aliphatic rings. The average molecular weight is 395 g/mol. The van der Waals surface area contributed by atoms with Gasteiger partial charge in [0, 0.05) is 5.69 Å². The highest BCUT2D eigenvalue weighted by molar-refractivity contribution is 7.92. The predicted octanol–water partition coefficient (Wildman–Crippen LogP) is 2.40. The lowest BCUT2D eigenvalue weighted by atomic mass is 9.92. The van der Waals surface area contributed by atoms with Gasteiger partial charge in [0.2, 0.25) is 5.82 Å². The first-order valence-electron chi connectivity index (χ1n) is 7.02. The SMILES string of the molecule is O=S(=O)(Nc1ccc(C2(O)COC2)cc1)c1c(F)c(F)c(F)c(F)c1F. The van der Waals surface area contributed by atoms with Gasteiger partial charge in [-0.2, -0.15) is 0 Å². The van der Waals surface area contributed by atoms with Crippen molar-refractivity contribution in [3.05, 3.63) is 58.9 Å². The molecule has 11 heteroatoms. The Bertz CT molecular complexity index is 946. The van der Waals surface area contributed by atoms with E-state index in [0.717, 1.165) is 12.1 Å². The molecule has 0 atom stereocenters. The number of anilines is 1. The number of benzene rings is 2. The van der Waals surface area contributed by atoms with Crippen molar-refractivity contribution in [1.82, 2.24) is 0 Å². The van der Waals surface area contributed by atoms with Gasteiger partial charge in [0.05, 0.1) is 13.2 Å². The van der Waals surface area contributed by atoms with E-state index in [2.05, 4.69) is 0 Å². The molecule has 2 aromatic rings. The molecule has 0 aromatic heterocycles. The van der Waals surface area contributed by atoms with Crippen LogP contribution in [0.4, 0.5) is 27.6 Å². The molecule has 0 amide bonds. The van der Waals surface area contributed by atoms with Crippen molar-refractivity contribution in [1.29, 1.82) is 0 Å². The number of nitrogens with one attached hydrogen (secondary N) is 1. The lowest BCUT2D eigenvalue weighted by Gasteiger charge is -2.36. The molecule has 0 unspecified atom stereocenters. The zero-order valence-corrected chi connectivity index (χ0v) is 13.5. The van der Waals surface area contributed by atoms with Crippen molar-refractivity contribution in [3.63, 3.8) is 0 Å². The number of halogens is 5. The molecule has 0 radical (unpaired) electrons. The lowest BCUT2D eigenvalue weighted by Crippen LogP contribution is -2.46. The largest absolute Gasteiger partial charge is 0.380 e. The molecular formula is C15H10F5NO4S. The summed E-state index contributed by atoms with van der Waals surface area (Å²) in [5.74, 6) is -12.1. The van der Waals surface area contributed by atoms with Gasteiger partial charge in [-0.25, -0.2) is 30.4 Å². The molecular weight excluding hydrogens is 385 g/mol. The Balaban J connectivity index is 1.95. The van der Waals surface area contributed by atoms with Gasteiger partial charge >= 0.3 is 0 Å². The molecule has 3 rings (SSSR count). The smallest absolute Gasteiger partial charge is 0.267 e. The van der Waals surface area contributed by atoms with Crippen LogP contribution in [-0.4, -0.2) is 26.7 Å². The van der Waals surface area contributed by atoms with E-state index in [1.807, 2.05) is 0 Å². The maximum atomic E-state index is 13.7. The summed E-state index contributed by atoms with van der Waals surface area (Å²) in [4.78, 5) is -1.98. The number of aliphatic hydroxyl groups is 1. The number of sulfonamides is 1. The summed E-state index contributed by atoms with van der Waals surface area (Å²) in [6.45, 7) is 0.0886. The second kappa shape index (κ2) is 6.18. The summed E-state index contributed by atoms with van der Waals surface area (Å²) in [5, 5.41) is 10.1. The van der Waals surface area contributed by atoms with Gasteiger partial charge in [0.15, 0.2) is 28.2 Å². The summed E-state index contributed by atoms with van der Waals surface area (Å²) in [5.41, 5.74) is -1.02. The molecule has 1 aliphatic heterocycles. The fourth-order valence-electron chi connectivity index (χ4n) is 2.34. The highest BCUT2D eigenvalue weighted by Gasteiger charge is 2.38. The van der Waals surface area contributed by atoms with E-state index in [-0.39, 0.29) is 18.9 Å². The van der Waals surface area contributed by atoms with Crippen LogP contribution < -0.4 is 4.72 Å². The first kappa shape index (κ1) is 18.5. The minimum Gasteiger partial charge on any atom is -0.380 e. The van der Waals surface area contributed by atoms with Crippen molar-refractivity contribution in [2.75, 3.05) is 17.9 Å². The fourth-order valence-corrected chi connectivity index (χ4v) is 3.54. The second-order valence-electron chi connectivity index (χ2n) is 5.61. The van der Waals surface area contributed by atoms with Crippen LogP contribution >= 0.6 is 0 Å². The average Bonchev–Trinajstić information content (AvgIpc) is 2.56. The fraction of sp³-hybridized carbons (Fsp3) is 0.200. The van der Waals surface area contributed by atoms with Crippen molar-refractivity contribution >= 4 is 15.7 Å². The van der Waals surface area contributed by atoms with E-state index >= 15 is 0 Å². The van der Waals surface area contributed by atoms with E-state index in [1.54, 1.807) is 4.72 Å². The number of ether oxygens (including phenoxy) is 1. The van der Waals surface area contributed by atoms with Crippen LogP contribution in [-0.2, 0) is 20.4 Å². The van der Waals surface area contributed by atoms with E-state index < -0.39 is 49.6 Å². The highest BCUT2D eigenvalue weighted by Crippen LogP contribution is 2.31. The topological polar surface area (TPSA) is 75.6 Å². The van der Waals surface area contributed by atoms with Crippen LogP contribution in [0.25, 0.3) is 0 Å². The Kier molecular flexibility index (Phi) is 4.41. The standard InChI is InChI=1S/C15H10F5NO4S/c16-9-10(17)12(19)14(13(20)11(9)18)26(23,24)21-8-3-1-7(2-4-8)15(22)5-25-6-15/h1-4,21-22H,5-6H2. The molecule has 1 heterocycles. The van der Waals surface area contributed by atoms with Crippen molar-refractivity contribution in [2.45, 2.75) is 10.5 Å². The molecule has 1 fully saturated rings. The molecule has 2 N–H and O–H groups in total. The van der Waals surface area contributed by atoms with Gasteiger partial charge in [-0.05, 0) is 17.7 Å². The van der Waals surface area contributed by atoms with Crippen LogP contribution in [0, 0.1) is 29.1 Å². The summed E-state index contributed by atoms with van der Waals surface area (Å²) in [6, 6.07) is 4.99. The molecule has 140 valence electrons. The molecule has 0 bridgehead atoms. The van der Waals surface area contributed by atoms with E-state index in [4.69, 9.17) is 4.74 Å². The lowest BCUT2D eigenvalue weighted by molar-refractivity contribution is -0.184. The van der Waals surface area contributed by atoms with Crippen LogP contribution in [0.2, 0.25) is 0 Å². The van der Waals surface area contributed by atoms with E-state index in [0.29, 0.717) is 5.56 Å². The second-order valence-corrected chi connectivity index (χ2v) is 7.23. The van der Waals surface area contributed by atoms with Crippen LogP contribution in [0.15, 0.2) is 29.2 Å². The quantitative estimate of drug-likeness (QED) is 0.474. The monoisotopic (exact) mass is 395 g/mol. The van der Waals surface area contributed by atoms with E-state index in [9.17, 15) is 35.5 Å². The Morgan fingerprint density at radius 2 is 1.35 bits per heavy atom. The van der Waals surface area contributed by atoms with Crippen LogP contribution in [0.1, 0.15) is 5.56 Å². The number of rotatable bonds is 4. The summed E-state index contributed by atoms with van der Waals surface area (Å²) < 4.78 is 97.6. The van der Waals surface area contributed by atoms with Crippen molar-refractivity contribution in [2.24, 2.45) is 0 Å². The zero-order valence-electron chi connectivity index (χ0n) is 12.7. The van der Waals surface area contributed by atoms with Crippen LogP contribution in [0.5, 0.6) is 0 Å². The van der Waals surface area contributed by atoms with Crippen LogP contribution in [0.3, 0.4) is 0 Å². The maximum Gasteiger partial charge on any atom is 0.267 e. The number of hydrogen-bond acceptors (Lipinski definition) is 4. The summed E-state index contributed by atoms with van der Waals surface area (Å²) >= 11 is 0. The van der Waals surface area contributed by atoms with Gasteiger partial charge in [0.25, 0.3) is 10.0 Å². The maximum absolute atomic E-state index is 13.7. The predicted molar refractivity (Wildman–Crippen MR) is 78.2 cm³/mol.